The van der Waals surface area contributed by atoms with E-state index in [9.17, 15) is 10.2 Å². The number of benzene rings is 4. The Hall–Kier alpha value is -5.51. The number of fused-ring (bicyclic) bond motifs is 3. The lowest BCUT2D eigenvalue weighted by molar-refractivity contribution is -0.256. The van der Waals surface area contributed by atoms with Crippen molar-refractivity contribution in [3.8, 4) is 23.0 Å². The van der Waals surface area contributed by atoms with Gasteiger partial charge in [-0.3, -0.25) is 4.90 Å². The Kier molecular flexibility index (Phi) is 18.1. The monoisotopic (exact) mass is 990 g/mol. The molecular weight excluding hydrogens is 921 g/mol. The molecule has 2 heterocycles. The van der Waals surface area contributed by atoms with Crippen molar-refractivity contribution in [3.05, 3.63) is 138 Å². The van der Waals surface area contributed by atoms with Crippen molar-refractivity contribution >= 4 is 23.6 Å². The van der Waals surface area contributed by atoms with Gasteiger partial charge in [0.05, 0.1) is 38.1 Å². The van der Waals surface area contributed by atoms with Gasteiger partial charge in [-0.15, -0.1) is 18.3 Å². The Bertz CT molecular complexity index is 2430. The van der Waals surface area contributed by atoms with Crippen molar-refractivity contribution in [1.29, 1.82) is 0 Å². The molecule has 8 rings (SSSR count). The molecule has 14 heteroatoms. The Morgan fingerprint density at radius 1 is 0.873 bits per heavy atom. The van der Waals surface area contributed by atoms with Crippen LogP contribution in [0.25, 0.3) is 0 Å². The first-order valence-corrected chi connectivity index (χ1v) is 26.1. The van der Waals surface area contributed by atoms with Gasteiger partial charge in [-0.2, -0.15) is 0 Å². The van der Waals surface area contributed by atoms with E-state index in [2.05, 4.69) is 30.9 Å². The van der Waals surface area contributed by atoms with Gasteiger partial charge in [-0.05, 0) is 117 Å². The fraction of sp³-hybridized carbons (Fsp3) is 0.474. The minimum Gasteiger partial charge on any atom is -0.493 e. The summed E-state index contributed by atoms with van der Waals surface area (Å²) in [6.07, 6.45) is 8.23. The van der Waals surface area contributed by atoms with Gasteiger partial charge in [0.15, 0.2) is 11.5 Å². The number of carbonyl (C=O) groups is 1. The molecule has 0 unspecified atom stereocenters. The average Bonchev–Trinajstić information content (AvgIpc) is 3.85. The zero-order valence-corrected chi connectivity index (χ0v) is 42.2. The van der Waals surface area contributed by atoms with Crippen LogP contribution >= 0.6 is 11.8 Å². The maximum Gasteiger partial charge on any atom is 0.410 e. The van der Waals surface area contributed by atoms with E-state index in [1.165, 1.54) is 4.90 Å². The number of amides is 1. The van der Waals surface area contributed by atoms with Crippen molar-refractivity contribution in [3.63, 3.8) is 0 Å². The van der Waals surface area contributed by atoms with E-state index in [4.69, 9.17) is 43.2 Å². The topological polar surface area (TPSA) is 147 Å². The zero-order valence-electron chi connectivity index (χ0n) is 41.4. The predicted octanol–water partition coefficient (Wildman–Crippen LogP) is 10.9. The number of nitrogens with zero attached hydrogens (tertiary/aromatic N) is 2. The molecule has 2 aliphatic heterocycles. The lowest BCUT2D eigenvalue weighted by Gasteiger charge is -2.60. The predicted molar refractivity (Wildman–Crippen MR) is 274 cm³/mol. The number of rotatable bonds is 25. The highest BCUT2D eigenvalue weighted by molar-refractivity contribution is 7.99. The molecule has 2 aliphatic carbocycles. The highest BCUT2D eigenvalue weighted by Crippen LogP contribution is 2.62. The number of thioether (sulfide) groups is 1. The number of aliphatic hydroxyl groups excluding tert-OH is 2. The van der Waals surface area contributed by atoms with Crippen LogP contribution in [0.4, 0.5) is 4.79 Å². The standard InChI is InChI=1S/C57H70N2O11S/c1-5-28-68-57-52(59(37-41-22-24-50-51(33-41)67-39-66-50)55(62)65-30-29-63-38-40-16-8-6-9-17-40)36-48(58-70-56(2,3)4)46-34-42(18-12-14-26-60)45(21-13-15-27-61)53(54(46)57)47-35-43(23-25-49(47)69-57)64-31-32-71-44-19-10-7-11-20-44/h5-11,16-17,19-20,22-25,33-35,42,45,52-54,60-61H,1,12-15,18,21,26-32,36-39H2,2-4H3/t42-,45+,52-,53+,54+,57+/m0/s1. The van der Waals surface area contributed by atoms with Gasteiger partial charge in [-0.1, -0.05) is 84.7 Å². The zero-order chi connectivity index (χ0) is 49.6. The van der Waals surface area contributed by atoms with Crippen LogP contribution in [0.2, 0.25) is 0 Å². The van der Waals surface area contributed by atoms with E-state index in [-0.39, 0.29) is 70.5 Å². The summed E-state index contributed by atoms with van der Waals surface area (Å²) in [6, 6.07) is 31.0. The molecule has 2 N–H and O–H groups in total. The first-order chi connectivity index (χ1) is 34.6. The smallest absolute Gasteiger partial charge is 0.410 e. The number of unbranched alkanes of at least 4 members (excludes halogenated alkanes) is 2. The third kappa shape index (κ3) is 12.9. The maximum absolute atomic E-state index is 15.1. The van der Waals surface area contributed by atoms with Crippen LogP contribution < -0.4 is 18.9 Å². The van der Waals surface area contributed by atoms with Crippen LogP contribution in [0.1, 0.15) is 88.3 Å². The largest absolute Gasteiger partial charge is 0.493 e. The van der Waals surface area contributed by atoms with E-state index in [1.807, 2.05) is 99.6 Å². The fourth-order valence-electron chi connectivity index (χ4n) is 10.3. The van der Waals surface area contributed by atoms with E-state index in [1.54, 1.807) is 22.7 Å². The highest BCUT2D eigenvalue weighted by atomic mass is 32.2. The number of carbonyl (C=O) groups excluding carboxylic acids is 1. The van der Waals surface area contributed by atoms with Crippen LogP contribution in [-0.2, 0) is 32.2 Å². The van der Waals surface area contributed by atoms with Gasteiger partial charge >= 0.3 is 6.09 Å². The second kappa shape index (κ2) is 24.7. The van der Waals surface area contributed by atoms with E-state index in [0.717, 1.165) is 59.4 Å². The van der Waals surface area contributed by atoms with Crippen molar-refractivity contribution < 1.29 is 53.0 Å². The third-order valence-corrected chi connectivity index (χ3v) is 14.4. The first kappa shape index (κ1) is 51.8. The quantitative estimate of drug-likeness (QED) is 0.0282. The van der Waals surface area contributed by atoms with Crippen molar-refractivity contribution in [1.82, 2.24) is 4.90 Å². The molecule has 4 aliphatic rings. The summed E-state index contributed by atoms with van der Waals surface area (Å²) in [5.41, 5.74) is 3.77. The van der Waals surface area contributed by atoms with Gasteiger partial charge in [0.1, 0.15) is 29.7 Å². The molecule has 71 heavy (non-hydrogen) atoms. The fourth-order valence-corrected chi connectivity index (χ4v) is 11.1. The van der Waals surface area contributed by atoms with Crippen molar-refractivity contribution in [2.24, 2.45) is 22.9 Å². The van der Waals surface area contributed by atoms with Gasteiger partial charge in [-0.25, -0.2) is 4.79 Å². The van der Waals surface area contributed by atoms with Gasteiger partial charge in [0.25, 0.3) is 0 Å². The van der Waals surface area contributed by atoms with Crippen LogP contribution in [0.15, 0.2) is 131 Å². The average molecular weight is 991 g/mol. The molecule has 6 atom stereocenters. The molecule has 1 saturated carbocycles. The normalized spacial score (nSPS) is 22.4. The summed E-state index contributed by atoms with van der Waals surface area (Å²) >= 11 is 1.74. The molecule has 0 saturated heterocycles. The number of allylic oxidation sites excluding steroid dienone is 1. The summed E-state index contributed by atoms with van der Waals surface area (Å²) in [5, 5.41) is 25.1. The summed E-state index contributed by atoms with van der Waals surface area (Å²) in [6.45, 7) is 11.5. The molecule has 4 aromatic rings. The SMILES string of the molecule is C=CCO[C@@]12Oc3ccc(OCCSc4ccccc4)cc3[C@H]3[C@H](CCCCO)[C@@H](CCCCO)C=C(C(=NOC(C)(C)C)C[C@@H]1N(Cc1ccc4c(c1)OCO4)C(=O)OCCOCc1ccccc1)[C@H]32. The number of hydrogen-bond acceptors (Lipinski definition) is 13. The number of hydrogen-bond donors (Lipinski definition) is 2. The molecule has 13 nitrogen and oxygen atoms in total. The molecule has 0 radical (unpaired) electrons. The van der Waals surface area contributed by atoms with Crippen LogP contribution in [-0.4, -0.2) is 96.5 Å². The Morgan fingerprint density at radius 2 is 1.62 bits per heavy atom. The molecule has 0 bridgehead atoms. The molecule has 1 amide bonds. The van der Waals surface area contributed by atoms with Gasteiger partial charge < -0.3 is 48.2 Å². The van der Waals surface area contributed by atoms with Crippen molar-refractivity contribution in [2.75, 3.05) is 52.2 Å². The van der Waals surface area contributed by atoms with Crippen molar-refractivity contribution in [2.45, 2.75) is 107 Å². The van der Waals surface area contributed by atoms with Crippen LogP contribution in [0, 0.1) is 17.8 Å². The van der Waals surface area contributed by atoms with E-state index in [0.29, 0.717) is 49.0 Å². The molecule has 1 fully saturated rings. The third-order valence-electron chi connectivity index (χ3n) is 13.4. The number of aliphatic hydroxyl groups is 2. The van der Waals surface area contributed by atoms with Crippen LogP contribution in [0.5, 0.6) is 23.0 Å². The summed E-state index contributed by atoms with van der Waals surface area (Å²) in [4.78, 5) is 24.4. The minimum absolute atomic E-state index is 0.000598. The molecule has 0 aromatic heterocycles. The second-order valence-electron chi connectivity index (χ2n) is 19.5. The van der Waals surface area contributed by atoms with E-state index < -0.39 is 29.4 Å². The number of oxime groups is 1. The maximum atomic E-state index is 15.1. The summed E-state index contributed by atoms with van der Waals surface area (Å²) in [5.74, 6) is 1.17. The summed E-state index contributed by atoms with van der Waals surface area (Å²) < 4.78 is 44.9. The van der Waals surface area contributed by atoms with Gasteiger partial charge in [0.2, 0.25) is 12.6 Å². The van der Waals surface area contributed by atoms with Crippen LogP contribution in [0.3, 0.4) is 0 Å². The number of ether oxygens (including phenoxy) is 7. The Balaban J connectivity index is 1.24. The lowest BCUT2D eigenvalue weighted by Crippen LogP contribution is -2.70. The second-order valence-corrected chi connectivity index (χ2v) is 20.6. The molecular formula is C57H70N2O11S. The van der Waals surface area contributed by atoms with Gasteiger partial charge in [0, 0.05) is 48.3 Å². The Morgan fingerprint density at radius 3 is 2.38 bits per heavy atom. The highest BCUT2D eigenvalue weighted by Gasteiger charge is 2.66. The first-order valence-electron chi connectivity index (χ1n) is 25.1. The molecule has 380 valence electrons. The molecule has 0 spiro atoms. The lowest BCUT2D eigenvalue weighted by atomic mass is 9.55. The summed E-state index contributed by atoms with van der Waals surface area (Å²) in [7, 11) is 0. The Labute approximate surface area is 423 Å². The molecule has 4 aromatic carbocycles. The van der Waals surface area contributed by atoms with E-state index >= 15 is 4.79 Å². The minimum atomic E-state index is -1.50.